The van der Waals surface area contributed by atoms with Crippen LogP contribution in [0.2, 0.25) is 0 Å². The maximum absolute atomic E-state index is 13.3. The first-order chi connectivity index (χ1) is 12.5. The Morgan fingerprint density at radius 3 is 2.62 bits per heavy atom. The number of allylic oxidation sites excluding steroid dienone is 1. The average molecular weight is 356 g/mol. The van der Waals surface area contributed by atoms with Crippen LogP contribution in [0.15, 0.2) is 42.6 Å². The number of unbranched alkanes of at least 4 members (excludes halogenated alkanes) is 2. The number of aromatic nitrogens is 1. The van der Waals surface area contributed by atoms with Crippen LogP contribution in [0.25, 0.3) is 10.9 Å². The molecule has 1 heterocycles. The predicted molar refractivity (Wildman–Crippen MR) is 110 cm³/mol. The summed E-state index contributed by atoms with van der Waals surface area (Å²) < 4.78 is 1.78. The van der Waals surface area contributed by atoms with Crippen molar-refractivity contribution in [3.05, 3.63) is 48.2 Å². The number of nitrogens with zero attached hydrogens (tertiary/aromatic N) is 1. The molecule has 1 aromatic carbocycles. The van der Waals surface area contributed by atoms with Gasteiger partial charge in [-0.15, -0.1) is 0 Å². The fourth-order valence-electron chi connectivity index (χ4n) is 3.93. The molecule has 142 valence electrons. The smallest absolute Gasteiger partial charge is 0.234 e. The molecular weight excluding hydrogens is 322 g/mol. The number of carbonyl (C=O) groups is 1. The Kier molecular flexibility index (Phi) is 7.65. The molecule has 1 aromatic heterocycles. The number of hydrogen-bond acceptors (Lipinski definition) is 2. The quantitative estimate of drug-likeness (QED) is 0.444. The van der Waals surface area contributed by atoms with Crippen molar-refractivity contribution >= 4 is 16.8 Å². The molecule has 0 aliphatic heterocycles. The van der Waals surface area contributed by atoms with E-state index < -0.39 is 0 Å². The third-order valence-corrected chi connectivity index (χ3v) is 5.47. The van der Waals surface area contributed by atoms with Crippen LogP contribution in [0, 0.1) is 11.8 Å². The normalized spacial score (nSPS) is 13.7. The lowest BCUT2D eigenvalue weighted by atomic mass is 9.82. The molecule has 0 amide bonds. The van der Waals surface area contributed by atoms with E-state index in [1.807, 2.05) is 37.4 Å². The highest BCUT2D eigenvalue weighted by molar-refractivity contribution is 5.95. The number of carbonyl (C=O) groups excluding carboxylic acids is 1. The Hall–Kier alpha value is -1.87. The van der Waals surface area contributed by atoms with E-state index in [1.165, 1.54) is 18.4 Å². The van der Waals surface area contributed by atoms with E-state index in [9.17, 15) is 9.90 Å². The minimum atomic E-state index is -0.105. The van der Waals surface area contributed by atoms with Crippen LogP contribution in [0.5, 0.6) is 0 Å². The van der Waals surface area contributed by atoms with Gasteiger partial charge in [-0.2, -0.15) is 0 Å². The Morgan fingerprint density at radius 1 is 1.23 bits per heavy atom. The molecule has 1 N–H and O–H groups in total. The van der Waals surface area contributed by atoms with Crippen LogP contribution >= 0.6 is 0 Å². The maximum Gasteiger partial charge on any atom is 0.234 e. The summed E-state index contributed by atoms with van der Waals surface area (Å²) in [7, 11) is 0. The molecule has 2 aromatic rings. The fraction of sp³-hybridized carbons (Fsp3) is 0.522. The number of aliphatic hydroxyl groups excluding tert-OH is 1. The van der Waals surface area contributed by atoms with Gasteiger partial charge >= 0.3 is 0 Å². The molecular formula is C23H33NO2. The lowest BCUT2D eigenvalue weighted by Crippen LogP contribution is -2.26. The van der Waals surface area contributed by atoms with Gasteiger partial charge in [0.15, 0.2) is 0 Å². The summed E-state index contributed by atoms with van der Waals surface area (Å²) in [4.78, 5) is 13.3. The molecule has 0 fully saturated rings. The molecule has 2 rings (SSSR count). The van der Waals surface area contributed by atoms with E-state index in [-0.39, 0.29) is 24.3 Å². The van der Waals surface area contributed by atoms with Crippen molar-refractivity contribution in [2.75, 3.05) is 6.61 Å². The van der Waals surface area contributed by atoms with Gasteiger partial charge in [0, 0.05) is 24.1 Å². The van der Waals surface area contributed by atoms with Crippen molar-refractivity contribution in [2.45, 2.75) is 59.3 Å². The summed E-state index contributed by atoms with van der Waals surface area (Å²) in [5.74, 6) is 0.225. The average Bonchev–Trinajstić information content (AvgIpc) is 3.01. The van der Waals surface area contributed by atoms with Gasteiger partial charge in [-0.05, 0) is 43.2 Å². The number of para-hydroxylation sites is 1. The Labute approximate surface area is 157 Å². The molecule has 0 saturated carbocycles. The lowest BCUT2D eigenvalue weighted by Gasteiger charge is -2.24. The molecule has 0 bridgehead atoms. The molecule has 3 heteroatoms. The summed E-state index contributed by atoms with van der Waals surface area (Å²) in [6.45, 7) is 10.8. The second-order valence-electron chi connectivity index (χ2n) is 7.27. The van der Waals surface area contributed by atoms with E-state index in [1.54, 1.807) is 4.57 Å². The third kappa shape index (κ3) is 4.45. The van der Waals surface area contributed by atoms with Gasteiger partial charge in [-0.25, -0.2) is 0 Å². The van der Waals surface area contributed by atoms with Crippen LogP contribution in [0.3, 0.4) is 0 Å². The first-order valence-corrected chi connectivity index (χ1v) is 9.96. The largest absolute Gasteiger partial charge is 0.396 e. The highest BCUT2D eigenvalue weighted by Gasteiger charge is 2.27. The zero-order valence-corrected chi connectivity index (χ0v) is 16.5. The predicted octanol–water partition coefficient (Wildman–Crippen LogP) is 5.62. The minimum absolute atomic E-state index is 0.0869. The monoisotopic (exact) mass is 355 g/mol. The Morgan fingerprint density at radius 2 is 1.96 bits per heavy atom. The summed E-state index contributed by atoms with van der Waals surface area (Å²) in [5, 5.41) is 10.4. The van der Waals surface area contributed by atoms with Crippen molar-refractivity contribution in [3.8, 4) is 0 Å². The second-order valence-corrected chi connectivity index (χ2v) is 7.27. The van der Waals surface area contributed by atoms with Crippen molar-refractivity contribution in [2.24, 2.45) is 11.8 Å². The molecule has 0 unspecified atom stereocenters. The summed E-state index contributed by atoms with van der Waals surface area (Å²) in [6.07, 6.45) is 7.97. The van der Waals surface area contributed by atoms with E-state index in [4.69, 9.17) is 0 Å². The third-order valence-electron chi connectivity index (χ3n) is 5.47. The highest BCUT2D eigenvalue weighted by atomic mass is 16.3. The lowest BCUT2D eigenvalue weighted by molar-refractivity contribution is 0.0814. The number of aliphatic hydroxyl groups is 1. The summed E-state index contributed by atoms with van der Waals surface area (Å²) in [5.41, 5.74) is 3.16. The van der Waals surface area contributed by atoms with Crippen LogP contribution in [-0.2, 0) is 6.42 Å². The summed E-state index contributed by atoms with van der Waals surface area (Å²) in [6, 6.07) is 7.94. The molecule has 0 radical (unpaired) electrons. The van der Waals surface area contributed by atoms with E-state index in [0.717, 1.165) is 35.7 Å². The molecule has 0 saturated heterocycles. The number of benzene rings is 1. The van der Waals surface area contributed by atoms with Gasteiger partial charge in [0.05, 0.1) is 5.52 Å². The maximum atomic E-state index is 13.3. The van der Waals surface area contributed by atoms with E-state index in [2.05, 4.69) is 20.4 Å². The van der Waals surface area contributed by atoms with Gasteiger partial charge in [0.2, 0.25) is 5.91 Å². The Bertz CT molecular complexity index is 744. The molecule has 0 spiro atoms. The van der Waals surface area contributed by atoms with Crippen LogP contribution in [-0.4, -0.2) is 22.2 Å². The molecule has 0 aliphatic rings. The molecule has 2 atom stereocenters. The van der Waals surface area contributed by atoms with Crippen molar-refractivity contribution in [1.82, 2.24) is 4.57 Å². The van der Waals surface area contributed by atoms with E-state index >= 15 is 0 Å². The van der Waals surface area contributed by atoms with Gasteiger partial charge in [0.1, 0.15) is 0 Å². The zero-order valence-electron chi connectivity index (χ0n) is 16.5. The van der Waals surface area contributed by atoms with E-state index in [0.29, 0.717) is 6.42 Å². The number of fused-ring (bicyclic) bond motifs is 1. The molecule has 3 nitrogen and oxygen atoms in total. The standard InChI is InChI=1S/C23H33NO2/c1-5-7-8-11-17(3)20(6-2)18(4)23(26)24-16-19(14-15-25)21-12-9-10-13-22(21)24/h9-10,12-13,16,18,20,25H,3,5-8,11,14-15H2,1-2,4H3/t18-,20-/m1/s1. The van der Waals surface area contributed by atoms with Crippen LogP contribution in [0.4, 0.5) is 0 Å². The number of rotatable bonds is 10. The van der Waals surface area contributed by atoms with Crippen molar-refractivity contribution < 1.29 is 9.90 Å². The molecule has 0 aliphatic carbocycles. The van der Waals surface area contributed by atoms with Gasteiger partial charge in [0.25, 0.3) is 0 Å². The van der Waals surface area contributed by atoms with Crippen LogP contribution < -0.4 is 0 Å². The fourth-order valence-corrected chi connectivity index (χ4v) is 3.93. The minimum Gasteiger partial charge on any atom is -0.396 e. The number of hydrogen-bond donors (Lipinski definition) is 1. The van der Waals surface area contributed by atoms with Gasteiger partial charge < -0.3 is 5.11 Å². The first kappa shape index (κ1) is 20.4. The van der Waals surface area contributed by atoms with Gasteiger partial charge in [-0.3, -0.25) is 9.36 Å². The second kappa shape index (κ2) is 9.72. The SMILES string of the molecule is C=C(CCCCC)[C@@H](CC)[C@@H](C)C(=O)n1cc(CCO)c2ccccc21. The zero-order chi connectivity index (χ0) is 19.1. The molecule has 26 heavy (non-hydrogen) atoms. The van der Waals surface area contributed by atoms with Crippen LogP contribution in [0.1, 0.15) is 63.2 Å². The van der Waals surface area contributed by atoms with Crippen molar-refractivity contribution in [1.29, 1.82) is 0 Å². The topological polar surface area (TPSA) is 42.2 Å². The summed E-state index contributed by atoms with van der Waals surface area (Å²) >= 11 is 0. The Balaban J connectivity index is 2.26. The van der Waals surface area contributed by atoms with Crippen molar-refractivity contribution in [3.63, 3.8) is 0 Å². The highest BCUT2D eigenvalue weighted by Crippen LogP contribution is 2.30. The first-order valence-electron chi connectivity index (χ1n) is 9.96. The van der Waals surface area contributed by atoms with Gasteiger partial charge in [-0.1, -0.05) is 64.0 Å².